The van der Waals surface area contributed by atoms with Crippen molar-refractivity contribution in [3.05, 3.63) is 35.0 Å². The van der Waals surface area contributed by atoms with Crippen molar-refractivity contribution < 1.29 is 23.6 Å². The zero-order chi connectivity index (χ0) is 14.7. The predicted octanol–water partition coefficient (Wildman–Crippen LogP) is 2.97. The van der Waals surface area contributed by atoms with Crippen molar-refractivity contribution in [3.8, 4) is 17.1 Å². The molecule has 0 aliphatic heterocycles. The topological polar surface area (TPSA) is 72.6 Å². The first kappa shape index (κ1) is 14.3. The van der Waals surface area contributed by atoms with E-state index in [1.165, 1.54) is 0 Å². The number of alkyl halides is 1. The first-order chi connectivity index (χ1) is 9.52. The molecule has 0 saturated carbocycles. The Bertz CT molecular complexity index is 611. The Morgan fingerprint density at radius 3 is 2.70 bits per heavy atom. The monoisotopic (exact) mass is 299 g/mol. The lowest BCUT2D eigenvalue weighted by Crippen LogP contribution is -2.17. The number of hydrogen-bond acceptors (Lipinski definition) is 4. The van der Waals surface area contributed by atoms with Crippen LogP contribution in [0.5, 0.6) is 5.75 Å². The fourth-order valence-corrected chi connectivity index (χ4v) is 1.87. The summed E-state index contributed by atoms with van der Waals surface area (Å²) in [4.78, 5) is 10.5. The standard InChI is InChI=1S/C13H11ClFNO4/c1-19-8-4-2-7(3-5-8)12-11(14)10(16-20-12)6-9(15)13(17)18/h2-5,9H,6H2,1H3,(H,17,18). The Morgan fingerprint density at radius 1 is 1.50 bits per heavy atom. The van der Waals surface area contributed by atoms with E-state index in [4.69, 9.17) is 26.0 Å². The zero-order valence-corrected chi connectivity index (χ0v) is 11.2. The molecule has 0 aliphatic carbocycles. The summed E-state index contributed by atoms with van der Waals surface area (Å²) >= 11 is 6.03. The molecule has 106 valence electrons. The molecule has 0 aliphatic rings. The van der Waals surface area contributed by atoms with E-state index in [1.807, 2.05) is 0 Å². The van der Waals surface area contributed by atoms with E-state index >= 15 is 0 Å². The van der Waals surface area contributed by atoms with Gasteiger partial charge in [0.1, 0.15) is 16.5 Å². The molecule has 2 aromatic rings. The van der Waals surface area contributed by atoms with Gasteiger partial charge in [-0.1, -0.05) is 16.8 Å². The maximum Gasteiger partial charge on any atom is 0.338 e. The Labute approximate surface area is 118 Å². The maximum absolute atomic E-state index is 13.1. The Balaban J connectivity index is 2.25. The van der Waals surface area contributed by atoms with Crippen LogP contribution in [0.3, 0.4) is 0 Å². The summed E-state index contributed by atoms with van der Waals surface area (Å²) in [6, 6.07) is 6.84. The number of aliphatic carboxylic acids is 1. The van der Waals surface area contributed by atoms with Crippen molar-refractivity contribution >= 4 is 17.6 Å². The SMILES string of the molecule is COc1ccc(-c2onc(CC(F)C(=O)O)c2Cl)cc1. The lowest BCUT2D eigenvalue weighted by atomic mass is 10.1. The van der Waals surface area contributed by atoms with Gasteiger partial charge in [-0.15, -0.1) is 0 Å². The van der Waals surface area contributed by atoms with Crippen molar-refractivity contribution in [3.63, 3.8) is 0 Å². The number of carbonyl (C=O) groups is 1. The molecule has 0 bridgehead atoms. The molecule has 1 aromatic heterocycles. The van der Waals surface area contributed by atoms with E-state index in [9.17, 15) is 9.18 Å². The van der Waals surface area contributed by atoms with E-state index in [1.54, 1.807) is 31.4 Å². The average molecular weight is 300 g/mol. The number of benzene rings is 1. The number of carboxylic acid groups (broad SMARTS) is 1. The van der Waals surface area contributed by atoms with Crippen molar-refractivity contribution in [1.82, 2.24) is 5.16 Å². The van der Waals surface area contributed by atoms with Crippen LogP contribution >= 0.6 is 11.6 Å². The number of rotatable bonds is 5. The zero-order valence-electron chi connectivity index (χ0n) is 10.5. The van der Waals surface area contributed by atoms with Crippen LogP contribution in [0, 0.1) is 0 Å². The second-order valence-electron chi connectivity index (χ2n) is 4.01. The molecule has 20 heavy (non-hydrogen) atoms. The van der Waals surface area contributed by atoms with Gasteiger partial charge in [0, 0.05) is 12.0 Å². The molecule has 7 heteroatoms. The number of aromatic nitrogens is 1. The van der Waals surface area contributed by atoms with Crippen LogP contribution < -0.4 is 4.74 Å². The van der Waals surface area contributed by atoms with Gasteiger partial charge in [0.25, 0.3) is 0 Å². The van der Waals surface area contributed by atoms with Crippen molar-refractivity contribution in [2.75, 3.05) is 7.11 Å². The third kappa shape index (κ3) is 2.91. The van der Waals surface area contributed by atoms with Gasteiger partial charge in [-0.25, -0.2) is 9.18 Å². The molecular formula is C13H11ClFNO4. The lowest BCUT2D eigenvalue weighted by molar-refractivity contribution is -0.142. The first-order valence-electron chi connectivity index (χ1n) is 5.68. The van der Waals surface area contributed by atoms with Crippen LogP contribution in [-0.4, -0.2) is 29.5 Å². The summed E-state index contributed by atoms with van der Waals surface area (Å²) < 4.78 is 23.2. The highest BCUT2D eigenvalue weighted by Gasteiger charge is 2.23. The number of ether oxygens (including phenoxy) is 1. The molecule has 0 saturated heterocycles. The van der Waals surface area contributed by atoms with Gasteiger partial charge in [0.05, 0.1) is 7.11 Å². The molecule has 1 atom stereocenters. The Hall–Kier alpha value is -2.08. The van der Waals surface area contributed by atoms with Gasteiger partial charge >= 0.3 is 5.97 Å². The van der Waals surface area contributed by atoms with E-state index < -0.39 is 18.6 Å². The fourth-order valence-electron chi connectivity index (χ4n) is 1.62. The first-order valence-corrected chi connectivity index (χ1v) is 6.06. The maximum atomic E-state index is 13.1. The number of methoxy groups -OCH3 is 1. The minimum atomic E-state index is -2.07. The second kappa shape index (κ2) is 5.92. The highest BCUT2D eigenvalue weighted by atomic mass is 35.5. The largest absolute Gasteiger partial charge is 0.497 e. The predicted molar refractivity (Wildman–Crippen MR) is 69.7 cm³/mol. The van der Waals surface area contributed by atoms with E-state index in [0.29, 0.717) is 11.3 Å². The number of halogens is 2. The normalized spacial score (nSPS) is 12.2. The van der Waals surface area contributed by atoms with Crippen molar-refractivity contribution in [2.45, 2.75) is 12.6 Å². The van der Waals surface area contributed by atoms with Gasteiger partial charge < -0.3 is 14.4 Å². The molecule has 1 heterocycles. The second-order valence-corrected chi connectivity index (χ2v) is 4.39. The molecule has 2 rings (SSSR count). The summed E-state index contributed by atoms with van der Waals surface area (Å²) in [5.41, 5.74) is 0.715. The van der Waals surface area contributed by atoms with Gasteiger partial charge in [-0.2, -0.15) is 0 Å². The molecule has 1 unspecified atom stereocenters. The highest BCUT2D eigenvalue weighted by molar-refractivity contribution is 6.33. The molecule has 1 N–H and O–H groups in total. The molecule has 0 fully saturated rings. The van der Waals surface area contributed by atoms with Crippen molar-refractivity contribution in [2.24, 2.45) is 0 Å². The quantitative estimate of drug-likeness (QED) is 0.919. The lowest BCUT2D eigenvalue weighted by Gasteiger charge is -2.01. The minimum absolute atomic E-state index is 0.0763. The van der Waals surface area contributed by atoms with Crippen LogP contribution in [0.1, 0.15) is 5.69 Å². The van der Waals surface area contributed by atoms with Gasteiger partial charge in [0.2, 0.25) is 6.17 Å². The summed E-state index contributed by atoms with van der Waals surface area (Å²) in [6.45, 7) is 0. The Kier molecular flexibility index (Phi) is 4.24. The molecule has 5 nitrogen and oxygen atoms in total. The molecule has 1 aromatic carbocycles. The van der Waals surface area contributed by atoms with Gasteiger partial charge in [-0.05, 0) is 24.3 Å². The van der Waals surface area contributed by atoms with Crippen LogP contribution in [-0.2, 0) is 11.2 Å². The minimum Gasteiger partial charge on any atom is -0.497 e. The van der Waals surface area contributed by atoms with Gasteiger partial charge in [-0.3, -0.25) is 0 Å². The summed E-state index contributed by atoms with van der Waals surface area (Å²) in [7, 11) is 1.54. The molecular weight excluding hydrogens is 289 g/mol. The van der Waals surface area contributed by atoms with Crippen LogP contribution in [0.2, 0.25) is 5.02 Å². The average Bonchev–Trinajstić information content (AvgIpc) is 2.80. The van der Waals surface area contributed by atoms with E-state index in [-0.39, 0.29) is 16.5 Å². The third-order valence-corrected chi connectivity index (χ3v) is 3.08. The number of nitrogens with zero attached hydrogens (tertiary/aromatic N) is 1. The van der Waals surface area contributed by atoms with E-state index in [2.05, 4.69) is 5.16 Å². The van der Waals surface area contributed by atoms with E-state index in [0.717, 1.165) is 0 Å². The summed E-state index contributed by atoms with van der Waals surface area (Å²) in [6.07, 6.45) is -2.50. The van der Waals surface area contributed by atoms with Crippen LogP contribution in [0.15, 0.2) is 28.8 Å². The molecule has 0 amide bonds. The van der Waals surface area contributed by atoms with Gasteiger partial charge in [0.15, 0.2) is 5.76 Å². The summed E-state index contributed by atoms with van der Waals surface area (Å²) in [5, 5.41) is 12.3. The van der Waals surface area contributed by atoms with Crippen LogP contribution in [0.4, 0.5) is 4.39 Å². The Morgan fingerprint density at radius 2 is 2.15 bits per heavy atom. The summed E-state index contributed by atoms with van der Waals surface area (Å²) in [5.74, 6) is -0.628. The molecule has 0 radical (unpaired) electrons. The third-order valence-electron chi connectivity index (χ3n) is 2.69. The van der Waals surface area contributed by atoms with Crippen molar-refractivity contribution in [1.29, 1.82) is 0 Å². The smallest absolute Gasteiger partial charge is 0.338 e. The number of hydrogen-bond donors (Lipinski definition) is 1. The fraction of sp³-hybridized carbons (Fsp3) is 0.231. The van der Waals surface area contributed by atoms with Crippen LogP contribution in [0.25, 0.3) is 11.3 Å². The highest BCUT2D eigenvalue weighted by Crippen LogP contribution is 2.32. The number of carboxylic acids is 1. The molecule has 0 spiro atoms.